The summed E-state index contributed by atoms with van der Waals surface area (Å²) in [5.74, 6) is -0.202. The molecule has 0 amide bonds. The van der Waals surface area contributed by atoms with Crippen LogP contribution in [-0.2, 0) is 13.0 Å². The van der Waals surface area contributed by atoms with Crippen LogP contribution in [0.4, 0.5) is 4.39 Å². The van der Waals surface area contributed by atoms with Crippen molar-refractivity contribution >= 4 is 16.3 Å². The summed E-state index contributed by atoms with van der Waals surface area (Å²) < 4.78 is 14.6. The van der Waals surface area contributed by atoms with Gasteiger partial charge in [-0.15, -0.1) is 11.3 Å². The summed E-state index contributed by atoms with van der Waals surface area (Å²) in [5, 5.41) is 1.88. The quantitative estimate of drug-likeness (QED) is 0.690. The molecule has 1 saturated carbocycles. The lowest BCUT2D eigenvalue weighted by Gasteiger charge is -2.21. The highest BCUT2D eigenvalue weighted by Gasteiger charge is 2.29. The second kappa shape index (κ2) is 6.45. The summed E-state index contributed by atoms with van der Waals surface area (Å²) in [6, 6.07) is 8.89. The highest BCUT2D eigenvalue weighted by atomic mass is 32.1. The van der Waals surface area contributed by atoms with Gasteiger partial charge in [0.25, 0.3) is 5.56 Å². The minimum Gasteiger partial charge on any atom is -0.294 e. The van der Waals surface area contributed by atoms with E-state index in [0.717, 1.165) is 29.2 Å². The Morgan fingerprint density at radius 1 is 1.29 bits per heavy atom. The molecule has 0 atom stereocenters. The maximum absolute atomic E-state index is 13.0. The van der Waals surface area contributed by atoms with Crippen molar-refractivity contribution < 1.29 is 4.39 Å². The first-order valence-corrected chi connectivity index (χ1v) is 9.01. The topological polar surface area (TPSA) is 37.6 Å². The van der Waals surface area contributed by atoms with Gasteiger partial charge in [-0.05, 0) is 37.0 Å². The lowest BCUT2D eigenvalue weighted by atomic mass is 10.1. The zero-order valence-electron chi connectivity index (χ0n) is 13.2. The minimum absolute atomic E-state index is 0.0227. The molecule has 1 aromatic carbocycles. The number of hydrogen-bond donors (Lipinski definition) is 0. The molecule has 0 aliphatic heterocycles. The molecule has 0 saturated heterocycles. The zero-order chi connectivity index (χ0) is 16.5. The van der Waals surface area contributed by atoms with E-state index in [4.69, 9.17) is 0 Å². The average molecular weight is 343 g/mol. The number of aromatic nitrogens is 2. The molecule has 4 rings (SSSR count). The van der Waals surface area contributed by atoms with Gasteiger partial charge in [0, 0.05) is 36.8 Å². The van der Waals surface area contributed by atoms with E-state index in [1.165, 1.54) is 36.3 Å². The molecule has 1 aliphatic rings. The van der Waals surface area contributed by atoms with Crippen molar-refractivity contribution in [2.45, 2.75) is 31.8 Å². The summed E-state index contributed by atoms with van der Waals surface area (Å²) in [5.41, 5.74) is 1.93. The number of nitrogens with zero attached hydrogens (tertiary/aromatic N) is 3. The Labute approximate surface area is 143 Å². The molecule has 0 radical (unpaired) electrons. The molecule has 0 N–H and O–H groups in total. The summed E-state index contributed by atoms with van der Waals surface area (Å²) >= 11 is 1.48. The average Bonchev–Trinajstić information content (AvgIpc) is 3.30. The molecule has 0 bridgehead atoms. The maximum atomic E-state index is 13.0. The van der Waals surface area contributed by atoms with E-state index in [1.54, 1.807) is 16.7 Å². The molecule has 124 valence electrons. The Kier molecular flexibility index (Phi) is 4.16. The third-order valence-electron chi connectivity index (χ3n) is 4.39. The van der Waals surface area contributed by atoms with Crippen LogP contribution in [0.3, 0.4) is 0 Å². The van der Waals surface area contributed by atoms with Crippen LogP contribution in [0.2, 0.25) is 0 Å². The summed E-state index contributed by atoms with van der Waals surface area (Å²) in [4.78, 5) is 19.8. The van der Waals surface area contributed by atoms with Gasteiger partial charge in [-0.25, -0.2) is 9.37 Å². The van der Waals surface area contributed by atoms with Crippen molar-refractivity contribution in [3.05, 3.63) is 69.3 Å². The highest BCUT2D eigenvalue weighted by molar-refractivity contribution is 7.15. The van der Waals surface area contributed by atoms with Gasteiger partial charge in [0.15, 0.2) is 4.96 Å². The predicted molar refractivity (Wildman–Crippen MR) is 92.9 cm³/mol. The van der Waals surface area contributed by atoms with Crippen LogP contribution < -0.4 is 5.56 Å². The van der Waals surface area contributed by atoms with Crippen LogP contribution in [0.25, 0.3) is 4.96 Å². The Hall–Kier alpha value is -2.05. The molecule has 2 heterocycles. The normalized spacial score (nSPS) is 14.6. The lowest BCUT2D eigenvalue weighted by molar-refractivity contribution is 0.255. The van der Waals surface area contributed by atoms with Crippen molar-refractivity contribution in [2.24, 2.45) is 0 Å². The molecule has 4 nitrogen and oxygen atoms in total. The predicted octanol–water partition coefficient (Wildman–Crippen LogP) is 3.10. The van der Waals surface area contributed by atoms with E-state index in [0.29, 0.717) is 12.6 Å². The molecule has 3 aromatic rings. The van der Waals surface area contributed by atoms with Gasteiger partial charge in [-0.1, -0.05) is 12.1 Å². The zero-order valence-corrected chi connectivity index (χ0v) is 14.0. The van der Waals surface area contributed by atoms with Crippen LogP contribution in [0.5, 0.6) is 0 Å². The number of rotatable bonds is 6. The third-order valence-corrected chi connectivity index (χ3v) is 5.14. The Morgan fingerprint density at radius 2 is 2.08 bits per heavy atom. The van der Waals surface area contributed by atoms with Crippen molar-refractivity contribution in [3.63, 3.8) is 0 Å². The number of hydrogen-bond acceptors (Lipinski definition) is 4. The van der Waals surface area contributed by atoms with Gasteiger partial charge < -0.3 is 0 Å². The van der Waals surface area contributed by atoms with E-state index >= 15 is 0 Å². The lowest BCUT2D eigenvalue weighted by Crippen LogP contribution is -2.29. The molecule has 1 fully saturated rings. The Balaban J connectivity index is 1.48. The van der Waals surface area contributed by atoms with Gasteiger partial charge in [0.05, 0.1) is 5.69 Å². The van der Waals surface area contributed by atoms with E-state index in [1.807, 2.05) is 17.5 Å². The van der Waals surface area contributed by atoms with Gasteiger partial charge >= 0.3 is 0 Å². The van der Waals surface area contributed by atoms with Crippen molar-refractivity contribution in [2.75, 3.05) is 6.54 Å². The smallest absolute Gasteiger partial charge is 0.258 e. The molecule has 6 heteroatoms. The number of thiazole rings is 1. The van der Waals surface area contributed by atoms with E-state index in [2.05, 4.69) is 9.88 Å². The van der Waals surface area contributed by atoms with Gasteiger partial charge in [-0.2, -0.15) is 0 Å². The SMILES string of the molecule is O=c1cc(CN(CCc2ccc(F)cc2)C2CC2)nc2sccn12. The fourth-order valence-corrected chi connectivity index (χ4v) is 3.67. The highest BCUT2D eigenvalue weighted by Crippen LogP contribution is 2.28. The van der Waals surface area contributed by atoms with E-state index < -0.39 is 0 Å². The fraction of sp³-hybridized carbons (Fsp3) is 0.333. The first-order valence-electron chi connectivity index (χ1n) is 8.13. The molecule has 0 spiro atoms. The van der Waals surface area contributed by atoms with Crippen molar-refractivity contribution in [1.29, 1.82) is 0 Å². The third kappa shape index (κ3) is 3.39. The second-order valence-corrected chi connectivity index (χ2v) is 7.09. The first kappa shape index (κ1) is 15.5. The molecule has 0 unspecified atom stereocenters. The monoisotopic (exact) mass is 343 g/mol. The summed E-state index contributed by atoms with van der Waals surface area (Å²) in [7, 11) is 0. The van der Waals surface area contributed by atoms with Crippen molar-refractivity contribution in [3.8, 4) is 0 Å². The molecule has 1 aliphatic carbocycles. The van der Waals surface area contributed by atoms with Crippen LogP contribution in [-0.4, -0.2) is 26.9 Å². The molecule has 2 aromatic heterocycles. The minimum atomic E-state index is -0.202. The van der Waals surface area contributed by atoms with Gasteiger partial charge in [-0.3, -0.25) is 14.1 Å². The van der Waals surface area contributed by atoms with Crippen molar-refractivity contribution in [1.82, 2.24) is 14.3 Å². The Bertz CT molecular complexity index is 899. The first-order chi connectivity index (χ1) is 11.7. The number of halogens is 1. The van der Waals surface area contributed by atoms with Gasteiger partial charge in [0.2, 0.25) is 0 Å². The number of benzene rings is 1. The fourth-order valence-electron chi connectivity index (χ4n) is 2.93. The second-order valence-electron chi connectivity index (χ2n) is 6.22. The largest absolute Gasteiger partial charge is 0.294 e. The molecular formula is C18H18FN3OS. The van der Waals surface area contributed by atoms with Crippen LogP contribution >= 0.6 is 11.3 Å². The van der Waals surface area contributed by atoms with Gasteiger partial charge in [0.1, 0.15) is 5.82 Å². The van der Waals surface area contributed by atoms with Crippen LogP contribution in [0.1, 0.15) is 24.1 Å². The Morgan fingerprint density at radius 3 is 2.83 bits per heavy atom. The number of fused-ring (bicyclic) bond motifs is 1. The van der Waals surface area contributed by atoms with Crippen LogP contribution in [0.15, 0.2) is 46.7 Å². The molecular weight excluding hydrogens is 325 g/mol. The standard InChI is InChI=1S/C18H18FN3OS/c19-14-3-1-13(2-4-14)7-8-21(16-5-6-16)12-15-11-17(23)22-9-10-24-18(22)20-15/h1-4,9-11,16H,5-8,12H2. The van der Waals surface area contributed by atoms with E-state index in [-0.39, 0.29) is 11.4 Å². The van der Waals surface area contributed by atoms with Crippen LogP contribution in [0, 0.1) is 5.82 Å². The van der Waals surface area contributed by atoms with E-state index in [9.17, 15) is 9.18 Å². The summed E-state index contributed by atoms with van der Waals surface area (Å²) in [6.07, 6.45) is 5.02. The summed E-state index contributed by atoms with van der Waals surface area (Å²) in [6.45, 7) is 1.58. The molecule has 24 heavy (non-hydrogen) atoms. The maximum Gasteiger partial charge on any atom is 0.258 e.